The monoisotopic (exact) mass is 303 g/mol. The highest BCUT2D eigenvalue weighted by Gasteiger charge is 2.13. The van der Waals surface area contributed by atoms with Crippen LogP contribution < -0.4 is 16.4 Å². The van der Waals surface area contributed by atoms with Crippen LogP contribution in [0.4, 0.5) is 10.7 Å². The summed E-state index contributed by atoms with van der Waals surface area (Å²) in [4.78, 5) is 12.5. The highest BCUT2D eigenvalue weighted by Crippen LogP contribution is 2.29. The first-order chi connectivity index (χ1) is 10.1. The van der Waals surface area contributed by atoms with Gasteiger partial charge >= 0.3 is 0 Å². The molecule has 1 aromatic heterocycles. The molecule has 1 aromatic carbocycles. The van der Waals surface area contributed by atoms with Gasteiger partial charge in [0, 0.05) is 13.1 Å². The van der Waals surface area contributed by atoms with Gasteiger partial charge in [-0.1, -0.05) is 36.8 Å². The molecule has 0 aliphatic rings. The van der Waals surface area contributed by atoms with E-state index >= 15 is 0 Å². The average molecular weight is 303 g/mol. The van der Waals surface area contributed by atoms with E-state index in [1.165, 1.54) is 22.5 Å². The predicted octanol–water partition coefficient (Wildman–Crippen LogP) is 3.39. The number of nitrogens with one attached hydrogen (secondary N) is 2. The minimum absolute atomic E-state index is 0.0945. The molecule has 0 bridgehead atoms. The summed E-state index contributed by atoms with van der Waals surface area (Å²) in [5.41, 5.74) is 8.89. The van der Waals surface area contributed by atoms with E-state index < -0.39 is 0 Å². The van der Waals surface area contributed by atoms with Crippen LogP contribution in [-0.4, -0.2) is 12.5 Å². The Kier molecular flexibility index (Phi) is 5.22. The Morgan fingerprint density at radius 1 is 1.33 bits per heavy atom. The molecular weight excluding hydrogens is 282 g/mol. The zero-order chi connectivity index (χ0) is 15.2. The number of carbonyl (C=O) groups is 1. The minimum atomic E-state index is -0.0945. The quantitative estimate of drug-likeness (QED) is 0.766. The van der Waals surface area contributed by atoms with Gasteiger partial charge in [0.1, 0.15) is 4.88 Å². The lowest BCUT2D eigenvalue weighted by atomic mass is 10.1. The maximum atomic E-state index is 11.9. The fraction of sp³-hybridized carbons (Fsp3) is 0.312. The van der Waals surface area contributed by atoms with Gasteiger partial charge in [0.2, 0.25) is 0 Å². The number of amides is 1. The molecule has 4 nitrogen and oxygen atoms in total. The summed E-state index contributed by atoms with van der Waals surface area (Å²) in [5, 5.41) is 7.08. The Morgan fingerprint density at radius 3 is 2.86 bits per heavy atom. The van der Waals surface area contributed by atoms with Crippen LogP contribution in [0.15, 0.2) is 30.3 Å². The molecule has 5 heteroatoms. The van der Waals surface area contributed by atoms with Gasteiger partial charge in [-0.15, -0.1) is 11.3 Å². The second kappa shape index (κ2) is 7.13. The van der Waals surface area contributed by atoms with E-state index in [9.17, 15) is 4.79 Å². The van der Waals surface area contributed by atoms with Gasteiger partial charge in [0.25, 0.3) is 5.91 Å². The summed E-state index contributed by atoms with van der Waals surface area (Å²) >= 11 is 1.39. The lowest BCUT2D eigenvalue weighted by Crippen LogP contribution is -2.23. The van der Waals surface area contributed by atoms with Gasteiger partial charge in [0.05, 0.1) is 10.7 Å². The fourth-order valence-corrected chi connectivity index (χ4v) is 2.89. The lowest BCUT2D eigenvalue weighted by Gasteiger charge is -2.04. The van der Waals surface area contributed by atoms with Crippen molar-refractivity contribution in [1.29, 1.82) is 0 Å². The summed E-state index contributed by atoms with van der Waals surface area (Å²) < 4.78 is 0. The molecule has 0 saturated carbocycles. The van der Waals surface area contributed by atoms with E-state index in [0.717, 1.165) is 18.0 Å². The van der Waals surface area contributed by atoms with Crippen LogP contribution in [0.2, 0.25) is 0 Å². The number of rotatable bonds is 6. The topological polar surface area (TPSA) is 67.2 Å². The summed E-state index contributed by atoms with van der Waals surface area (Å²) in [6, 6.07) is 10.1. The first-order valence-electron chi connectivity index (χ1n) is 7.07. The summed E-state index contributed by atoms with van der Waals surface area (Å²) in [7, 11) is 0. The molecule has 0 saturated heterocycles. The van der Waals surface area contributed by atoms with Crippen molar-refractivity contribution >= 4 is 27.9 Å². The molecular formula is C16H21N3OS. The molecule has 0 radical (unpaired) electrons. The van der Waals surface area contributed by atoms with E-state index in [2.05, 4.69) is 35.8 Å². The number of carbonyl (C=O) groups excluding carboxylic acids is 1. The Hall–Kier alpha value is -2.01. The number of hydrogen-bond donors (Lipinski definition) is 3. The fourth-order valence-electron chi connectivity index (χ4n) is 2.00. The van der Waals surface area contributed by atoms with Crippen molar-refractivity contribution in [2.75, 3.05) is 17.6 Å². The highest BCUT2D eigenvalue weighted by molar-refractivity contribution is 7.18. The second-order valence-corrected chi connectivity index (χ2v) is 6.05. The van der Waals surface area contributed by atoms with Crippen LogP contribution in [0.5, 0.6) is 0 Å². The SMILES string of the molecule is CCCNC(=O)c1sc(NCc2cccc(C)c2)cc1N. The zero-order valence-corrected chi connectivity index (χ0v) is 13.2. The molecule has 0 atom stereocenters. The molecule has 2 rings (SSSR count). The average Bonchev–Trinajstić information content (AvgIpc) is 2.84. The van der Waals surface area contributed by atoms with Crippen LogP contribution in [0, 0.1) is 6.92 Å². The third kappa shape index (κ3) is 4.23. The van der Waals surface area contributed by atoms with Crippen molar-refractivity contribution in [1.82, 2.24) is 5.32 Å². The lowest BCUT2D eigenvalue weighted by molar-refractivity contribution is 0.0958. The van der Waals surface area contributed by atoms with Crippen molar-refractivity contribution in [2.24, 2.45) is 0 Å². The molecule has 21 heavy (non-hydrogen) atoms. The number of thiophene rings is 1. The van der Waals surface area contributed by atoms with Crippen molar-refractivity contribution in [3.8, 4) is 0 Å². The van der Waals surface area contributed by atoms with Crippen LogP contribution in [0.3, 0.4) is 0 Å². The van der Waals surface area contributed by atoms with E-state index in [1.54, 1.807) is 0 Å². The summed E-state index contributed by atoms with van der Waals surface area (Å²) in [5.74, 6) is -0.0945. The molecule has 0 unspecified atom stereocenters. The Balaban J connectivity index is 2.00. The van der Waals surface area contributed by atoms with Crippen molar-refractivity contribution in [2.45, 2.75) is 26.8 Å². The van der Waals surface area contributed by atoms with Gasteiger partial charge in [-0.05, 0) is 25.0 Å². The zero-order valence-electron chi connectivity index (χ0n) is 12.4. The smallest absolute Gasteiger partial charge is 0.263 e. The van der Waals surface area contributed by atoms with Gasteiger partial charge < -0.3 is 16.4 Å². The van der Waals surface area contributed by atoms with Gasteiger partial charge in [0.15, 0.2) is 0 Å². The van der Waals surface area contributed by atoms with E-state index in [1.807, 2.05) is 19.1 Å². The molecule has 0 spiro atoms. The third-order valence-electron chi connectivity index (χ3n) is 3.05. The number of anilines is 2. The van der Waals surface area contributed by atoms with E-state index in [-0.39, 0.29) is 5.91 Å². The van der Waals surface area contributed by atoms with Gasteiger partial charge in [-0.3, -0.25) is 4.79 Å². The molecule has 4 N–H and O–H groups in total. The second-order valence-electron chi connectivity index (χ2n) is 4.99. The molecule has 112 valence electrons. The molecule has 2 aromatic rings. The number of nitrogens with two attached hydrogens (primary N) is 1. The predicted molar refractivity (Wildman–Crippen MR) is 89.9 cm³/mol. The molecule has 1 heterocycles. The van der Waals surface area contributed by atoms with Crippen molar-refractivity contribution in [3.05, 3.63) is 46.3 Å². The Labute approximate surface area is 129 Å². The number of nitrogen functional groups attached to an aromatic ring is 1. The largest absolute Gasteiger partial charge is 0.397 e. The van der Waals surface area contributed by atoms with E-state index in [4.69, 9.17) is 5.73 Å². The number of hydrogen-bond acceptors (Lipinski definition) is 4. The standard InChI is InChI=1S/C16H21N3OS/c1-3-7-18-16(20)15-13(17)9-14(21-15)19-10-12-6-4-5-11(2)8-12/h4-6,8-9,19H,3,7,10,17H2,1-2H3,(H,18,20). The molecule has 0 aliphatic heterocycles. The first-order valence-corrected chi connectivity index (χ1v) is 7.88. The van der Waals surface area contributed by atoms with Crippen LogP contribution >= 0.6 is 11.3 Å². The minimum Gasteiger partial charge on any atom is -0.397 e. The Bertz CT molecular complexity index is 622. The maximum absolute atomic E-state index is 11.9. The van der Waals surface area contributed by atoms with Crippen molar-refractivity contribution < 1.29 is 4.79 Å². The maximum Gasteiger partial charge on any atom is 0.263 e. The number of aryl methyl sites for hydroxylation is 1. The van der Waals surface area contributed by atoms with E-state index in [0.29, 0.717) is 17.1 Å². The summed E-state index contributed by atoms with van der Waals surface area (Å²) in [6.07, 6.45) is 0.912. The summed E-state index contributed by atoms with van der Waals surface area (Å²) in [6.45, 7) is 5.48. The van der Waals surface area contributed by atoms with Gasteiger partial charge in [-0.2, -0.15) is 0 Å². The Morgan fingerprint density at radius 2 is 2.14 bits per heavy atom. The first kappa shape index (κ1) is 15.4. The highest BCUT2D eigenvalue weighted by atomic mass is 32.1. The molecule has 0 fully saturated rings. The van der Waals surface area contributed by atoms with Gasteiger partial charge in [-0.25, -0.2) is 0 Å². The molecule has 1 amide bonds. The van der Waals surface area contributed by atoms with Crippen LogP contribution in [0.1, 0.15) is 34.1 Å². The van der Waals surface area contributed by atoms with Crippen LogP contribution in [-0.2, 0) is 6.54 Å². The van der Waals surface area contributed by atoms with Crippen molar-refractivity contribution in [3.63, 3.8) is 0 Å². The molecule has 0 aliphatic carbocycles. The van der Waals surface area contributed by atoms with Crippen LogP contribution in [0.25, 0.3) is 0 Å². The number of benzene rings is 1. The normalized spacial score (nSPS) is 10.4. The third-order valence-corrected chi connectivity index (χ3v) is 4.16.